The number of nitrogens with zero attached hydrogens (tertiary/aromatic N) is 2. The van der Waals surface area contributed by atoms with Crippen LogP contribution in [0.25, 0.3) is 10.9 Å². The molecule has 0 amide bonds. The highest BCUT2D eigenvalue weighted by Gasteiger charge is 2.23. The van der Waals surface area contributed by atoms with Crippen LogP contribution in [0.4, 0.5) is 8.78 Å². The van der Waals surface area contributed by atoms with Gasteiger partial charge in [-0.1, -0.05) is 6.58 Å². The van der Waals surface area contributed by atoms with E-state index < -0.39 is 11.6 Å². The van der Waals surface area contributed by atoms with Crippen LogP contribution in [0.5, 0.6) is 0 Å². The molecule has 0 radical (unpaired) electrons. The number of hydrogen-bond donors (Lipinski definition) is 3. The third-order valence-corrected chi connectivity index (χ3v) is 4.78. The van der Waals surface area contributed by atoms with Crippen LogP contribution in [-0.2, 0) is 6.54 Å². The second kappa shape index (κ2) is 7.41. The Hall–Kier alpha value is -2.12. The summed E-state index contributed by atoms with van der Waals surface area (Å²) >= 11 is 0. The fourth-order valence-electron chi connectivity index (χ4n) is 3.45. The summed E-state index contributed by atoms with van der Waals surface area (Å²) in [5, 5.41) is 3.91. The summed E-state index contributed by atoms with van der Waals surface area (Å²) in [5.41, 5.74) is 7.34. The molecule has 2 heterocycles. The minimum atomic E-state index is -0.853. The highest BCUT2D eigenvalue weighted by atomic mass is 19.2. The topological polar surface area (TPSA) is 60.3 Å². The molecule has 2 aromatic rings. The minimum Gasteiger partial charge on any atom is -0.367 e. The summed E-state index contributed by atoms with van der Waals surface area (Å²) in [7, 11) is 2.11. The fraction of sp³-hybridized carbons (Fsp3) is 0.444. The van der Waals surface area contributed by atoms with Gasteiger partial charge in [0.05, 0.1) is 19.0 Å². The number of halogens is 2. The number of piperidine rings is 1. The summed E-state index contributed by atoms with van der Waals surface area (Å²) in [6, 6.07) is 4.52. The summed E-state index contributed by atoms with van der Waals surface area (Å²) in [6.45, 7) is 7.05. The fourth-order valence-corrected chi connectivity index (χ4v) is 3.45. The van der Waals surface area contributed by atoms with Crippen LogP contribution < -0.4 is 11.1 Å². The summed E-state index contributed by atoms with van der Waals surface area (Å²) < 4.78 is 26.6. The number of H-pyrrole nitrogens is 1. The van der Waals surface area contributed by atoms with Gasteiger partial charge in [0.15, 0.2) is 11.6 Å². The van der Waals surface area contributed by atoms with E-state index in [0.717, 1.165) is 37.4 Å². The minimum absolute atomic E-state index is 0.342. The molecular formula is C18H25F2N5. The summed E-state index contributed by atoms with van der Waals surface area (Å²) in [6.07, 6.45) is 2.23. The number of nitrogens with two attached hydrogens (primary N) is 1. The summed E-state index contributed by atoms with van der Waals surface area (Å²) in [4.78, 5) is 7.47. The molecule has 25 heavy (non-hydrogen) atoms. The third-order valence-electron chi connectivity index (χ3n) is 4.78. The van der Waals surface area contributed by atoms with Gasteiger partial charge in [-0.3, -0.25) is 0 Å². The van der Waals surface area contributed by atoms with Gasteiger partial charge in [0.2, 0.25) is 0 Å². The van der Waals surface area contributed by atoms with Crippen molar-refractivity contribution in [2.45, 2.75) is 25.4 Å². The average Bonchev–Trinajstić information content (AvgIpc) is 2.96. The standard InChI is InChI=1S/C18H25F2N5/c1-12(25(11-21)15-4-3-5-24(2)10-15)22-9-14-6-13-7-16(19)17(20)8-18(13)23-14/h6-8,15,22-23H,1,3-5,9-11,21H2,2H3. The number of likely N-dealkylation sites (N-methyl/N-ethyl adjacent to an activating group) is 1. The Morgan fingerprint density at radius 2 is 2.16 bits per heavy atom. The van der Waals surface area contributed by atoms with Gasteiger partial charge in [-0.05, 0) is 38.6 Å². The van der Waals surface area contributed by atoms with Crippen molar-refractivity contribution in [2.24, 2.45) is 5.73 Å². The number of aromatic amines is 1. The van der Waals surface area contributed by atoms with Crippen LogP contribution in [0.3, 0.4) is 0 Å². The van der Waals surface area contributed by atoms with Crippen LogP contribution in [0.15, 0.2) is 30.6 Å². The van der Waals surface area contributed by atoms with Gasteiger partial charge in [0.25, 0.3) is 0 Å². The van der Waals surface area contributed by atoms with Crippen molar-refractivity contribution in [1.82, 2.24) is 20.1 Å². The maximum atomic E-state index is 13.3. The molecule has 0 spiro atoms. The first-order valence-electron chi connectivity index (χ1n) is 8.52. The molecule has 1 aromatic carbocycles. The first-order valence-corrected chi connectivity index (χ1v) is 8.52. The molecule has 0 aliphatic carbocycles. The third kappa shape index (κ3) is 3.93. The average molecular weight is 349 g/mol. The zero-order valence-electron chi connectivity index (χ0n) is 14.5. The predicted octanol–water partition coefficient (Wildman–Crippen LogP) is 2.32. The van der Waals surface area contributed by atoms with E-state index in [0.29, 0.717) is 30.2 Å². The number of rotatable bonds is 6. The molecular weight excluding hydrogens is 324 g/mol. The molecule has 3 rings (SSSR count). The molecule has 1 aliphatic rings. The van der Waals surface area contributed by atoms with Gasteiger partial charge in [0, 0.05) is 35.2 Å². The normalized spacial score (nSPS) is 18.5. The molecule has 1 unspecified atom stereocenters. The van der Waals surface area contributed by atoms with Gasteiger partial charge >= 0.3 is 0 Å². The highest BCUT2D eigenvalue weighted by Crippen LogP contribution is 2.20. The number of fused-ring (bicyclic) bond motifs is 1. The van der Waals surface area contributed by atoms with E-state index in [1.54, 1.807) is 6.07 Å². The number of aromatic nitrogens is 1. The number of hydrogen-bond acceptors (Lipinski definition) is 4. The van der Waals surface area contributed by atoms with Crippen LogP contribution >= 0.6 is 0 Å². The van der Waals surface area contributed by atoms with E-state index in [1.807, 2.05) is 0 Å². The van der Waals surface area contributed by atoms with Crippen molar-refractivity contribution >= 4 is 10.9 Å². The van der Waals surface area contributed by atoms with Crippen molar-refractivity contribution in [3.63, 3.8) is 0 Å². The molecule has 5 nitrogen and oxygen atoms in total. The first-order chi connectivity index (χ1) is 12.0. The molecule has 0 saturated carbocycles. The Balaban J connectivity index is 1.64. The Kier molecular flexibility index (Phi) is 5.24. The maximum Gasteiger partial charge on any atom is 0.160 e. The van der Waals surface area contributed by atoms with E-state index in [-0.39, 0.29) is 0 Å². The smallest absolute Gasteiger partial charge is 0.160 e. The van der Waals surface area contributed by atoms with Crippen molar-refractivity contribution < 1.29 is 8.78 Å². The van der Waals surface area contributed by atoms with Crippen LogP contribution in [0.2, 0.25) is 0 Å². The van der Waals surface area contributed by atoms with Gasteiger partial charge in [-0.15, -0.1) is 0 Å². The van der Waals surface area contributed by atoms with E-state index >= 15 is 0 Å². The summed E-state index contributed by atoms with van der Waals surface area (Å²) in [5.74, 6) is -0.932. The monoisotopic (exact) mass is 349 g/mol. The van der Waals surface area contributed by atoms with Crippen molar-refractivity contribution in [2.75, 3.05) is 26.8 Å². The van der Waals surface area contributed by atoms with Gasteiger partial charge in [0.1, 0.15) is 0 Å². The van der Waals surface area contributed by atoms with E-state index in [4.69, 9.17) is 5.73 Å². The quantitative estimate of drug-likeness (QED) is 0.701. The van der Waals surface area contributed by atoms with Gasteiger partial charge in [-0.25, -0.2) is 8.78 Å². The first kappa shape index (κ1) is 17.7. The zero-order chi connectivity index (χ0) is 18.0. The lowest BCUT2D eigenvalue weighted by Gasteiger charge is -2.39. The maximum absolute atomic E-state index is 13.3. The lowest BCUT2D eigenvalue weighted by Crippen LogP contribution is -2.50. The molecule has 7 heteroatoms. The Morgan fingerprint density at radius 3 is 2.88 bits per heavy atom. The zero-order valence-corrected chi connectivity index (χ0v) is 14.5. The SMILES string of the molecule is C=C(NCc1cc2cc(F)c(F)cc2[nH]1)N(CN)C1CCCN(C)C1. The van der Waals surface area contributed by atoms with Crippen LogP contribution in [-0.4, -0.2) is 47.6 Å². The van der Waals surface area contributed by atoms with Crippen LogP contribution in [0, 0.1) is 11.6 Å². The Bertz CT molecular complexity index is 718. The predicted molar refractivity (Wildman–Crippen MR) is 95.6 cm³/mol. The second-order valence-corrected chi connectivity index (χ2v) is 6.66. The molecule has 136 valence electrons. The molecule has 1 fully saturated rings. The highest BCUT2D eigenvalue weighted by molar-refractivity contribution is 5.80. The lowest BCUT2D eigenvalue weighted by molar-refractivity contribution is 0.136. The Labute approximate surface area is 146 Å². The van der Waals surface area contributed by atoms with Crippen LogP contribution in [0.1, 0.15) is 18.5 Å². The van der Waals surface area contributed by atoms with Gasteiger partial charge < -0.3 is 25.8 Å². The van der Waals surface area contributed by atoms with E-state index in [2.05, 4.69) is 33.7 Å². The molecule has 4 N–H and O–H groups in total. The van der Waals surface area contributed by atoms with Crippen molar-refractivity contribution in [1.29, 1.82) is 0 Å². The number of benzene rings is 1. The van der Waals surface area contributed by atoms with E-state index in [9.17, 15) is 8.78 Å². The molecule has 1 aliphatic heterocycles. The van der Waals surface area contributed by atoms with E-state index in [1.165, 1.54) is 12.1 Å². The molecule has 1 saturated heterocycles. The van der Waals surface area contributed by atoms with Gasteiger partial charge in [-0.2, -0.15) is 0 Å². The Morgan fingerprint density at radius 1 is 1.40 bits per heavy atom. The lowest BCUT2D eigenvalue weighted by atomic mass is 10.1. The van der Waals surface area contributed by atoms with Crippen molar-refractivity contribution in [3.8, 4) is 0 Å². The second-order valence-electron chi connectivity index (χ2n) is 6.66. The molecule has 1 atom stereocenters. The van der Waals surface area contributed by atoms with Crippen molar-refractivity contribution in [3.05, 3.63) is 47.9 Å². The molecule has 1 aromatic heterocycles. The largest absolute Gasteiger partial charge is 0.367 e. The number of nitrogens with one attached hydrogen (secondary N) is 2. The molecule has 0 bridgehead atoms. The number of likely N-dealkylation sites (tertiary alicyclic amines) is 1.